The highest BCUT2D eigenvalue weighted by atomic mass is 16.5. The Hall–Kier alpha value is -2.67. The van der Waals surface area contributed by atoms with Gasteiger partial charge >= 0.3 is 11.9 Å². The summed E-state index contributed by atoms with van der Waals surface area (Å²) >= 11 is 0. The number of carbonyl (C=O) groups is 3. The first kappa shape index (κ1) is 25.6. The fraction of sp³-hybridized carbons (Fsp3) is 0.560. The van der Waals surface area contributed by atoms with E-state index in [9.17, 15) is 19.5 Å². The molecule has 176 valence electrons. The summed E-state index contributed by atoms with van der Waals surface area (Å²) in [6.45, 7) is 9.11. The highest BCUT2D eigenvalue weighted by Crippen LogP contribution is 2.37. The normalized spacial score (nSPS) is 21.0. The van der Waals surface area contributed by atoms with Crippen LogP contribution in [0.25, 0.3) is 0 Å². The summed E-state index contributed by atoms with van der Waals surface area (Å²) in [4.78, 5) is 38.4. The van der Waals surface area contributed by atoms with Gasteiger partial charge < -0.3 is 20.1 Å². The van der Waals surface area contributed by atoms with Crippen LogP contribution in [0, 0.1) is 5.92 Å². The van der Waals surface area contributed by atoms with Gasteiger partial charge in [-0.15, -0.1) is 0 Å². The third-order valence-electron chi connectivity index (χ3n) is 6.27. The van der Waals surface area contributed by atoms with Crippen LogP contribution < -0.4 is 10.1 Å². The summed E-state index contributed by atoms with van der Waals surface area (Å²) in [7, 11) is 2.15. The summed E-state index contributed by atoms with van der Waals surface area (Å²) in [6.07, 6.45) is 5.52. The number of aliphatic carboxylic acids is 1. The third-order valence-corrected chi connectivity index (χ3v) is 6.27. The van der Waals surface area contributed by atoms with Crippen LogP contribution in [-0.4, -0.2) is 54.0 Å². The van der Waals surface area contributed by atoms with Crippen LogP contribution >= 0.6 is 0 Å². The molecule has 1 aliphatic heterocycles. The molecule has 1 saturated heterocycles. The molecular formula is C25H36N2O5. The number of hydrogen-bond donors (Lipinski definition) is 2. The van der Waals surface area contributed by atoms with Crippen molar-refractivity contribution in [3.8, 4) is 5.75 Å². The Labute approximate surface area is 190 Å². The first-order valence-corrected chi connectivity index (χ1v) is 11.3. The molecule has 1 amide bonds. The van der Waals surface area contributed by atoms with Gasteiger partial charge in [0.1, 0.15) is 11.8 Å². The van der Waals surface area contributed by atoms with Crippen molar-refractivity contribution in [2.75, 3.05) is 20.1 Å². The number of likely N-dealkylation sites (tertiary alicyclic amines) is 1. The number of carboxylic acid groups (broad SMARTS) is 1. The summed E-state index contributed by atoms with van der Waals surface area (Å²) < 4.78 is 5.49. The molecule has 0 spiro atoms. The molecule has 2 atom stereocenters. The van der Waals surface area contributed by atoms with Crippen molar-refractivity contribution in [3.05, 3.63) is 41.5 Å². The van der Waals surface area contributed by atoms with Crippen LogP contribution in [0.4, 0.5) is 0 Å². The van der Waals surface area contributed by atoms with Gasteiger partial charge in [0.15, 0.2) is 0 Å². The Morgan fingerprint density at radius 2 is 2.00 bits per heavy atom. The van der Waals surface area contributed by atoms with Crippen molar-refractivity contribution in [3.63, 3.8) is 0 Å². The Morgan fingerprint density at radius 3 is 2.62 bits per heavy atom. The fourth-order valence-corrected chi connectivity index (χ4v) is 4.29. The minimum atomic E-state index is -1.12. The molecule has 2 rings (SSSR count). The fourth-order valence-electron chi connectivity index (χ4n) is 4.29. The number of esters is 1. The van der Waals surface area contributed by atoms with Gasteiger partial charge in [-0.1, -0.05) is 39.3 Å². The minimum absolute atomic E-state index is 0.0159. The quantitative estimate of drug-likeness (QED) is 0.362. The lowest BCUT2D eigenvalue weighted by molar-refractivity contribution is -0.142. The van der Waals surface area contributed by atoms with Gasteiger partial charge in [0.2, 0.25) is 5.91 Å². The SMILES string of the molecule is CCC1(c2cccc(OC(=O)/C=C(/C)C(=O)N[C@H](C(=O)O)C(C)C)c2)CCCCN(C)C1. The lowest BCUT2D eigenvalue weighted by Gasteiger charge is -2.35. The topological polar surface area (TPSA) is 95.9 Å². The predicted molar refractivity (Wildman–Crippen MR) is 124 cm³/mol. The number of likely N-dealkylation sites (N-methyl/N-ethyl adjacent to an activating group) is 1. The highest BCUT2D eigenvalue weighted by Gasteiger charge is 2.33. The number of benzene rings is 1. The van der Waals surface area contributed by atoms with E-state index in [1.165, 1.54) is 13.3 Å². The lowest BCUT2D eigenvalue weighted by Crippen LogP contribution is -2.44. The van der Waals surface area contributed by atoms with E-state index >= 15 is 0 Å². The van der Waals surface area contributed by atoms with Crippen molar-refractivity contribution in [2.24, 2.45) is 5.92 Å². The first-order valence-electron chi connectivity index (χ1n) is 11.3. The number of nitrogens with zero attached hydrogens (tertiary/aromatic N) is 1. The van der Waals surface area contributed by atoms with Crippen molar-refractivity contribution in [1.29, 1.82) is 0 Å². The van der Waals surface area contributed by atoms with Crippen LogP contribution in [-0.2, 0) is 19.8 Å². The maximum Gasteiger partial charge on any atom is 0.336 e. The maximum atomic E-state index is 12.4. The van der Waals surface area contributed by atoms with Gasteiger partial charge in [-0.25, -0.2) is 9.59 Å². The molecule has 0 aliphatic carbocycles. The van der Waals surface area contributed by atoms with Crippen molar-refractivity contribution in [1.82, 2.24) is 10.2 Å². The van der Waals surface area contributed by atoms with Gasteiger partial charge in [-0.2, -0.15) is 0 Å². The number of ether oxygens (including phenoxy) is 1. The summed E-state index contributed by atoms with van der Waals surface area (Å²) in [5.74, 6) is -2.25. The molecule has 1 heterocycles. The van der Waals surface area contributed by atoms with E-state index in [2.05, 4.69) is 30.3 Å². The monoisotopic (exact) mass is 444 g/mol. The van der Waals surface area contributed by atoms with Gasteiger partial charge in [-0.05, 0) is 63.4 Å². The van der Waals surface area contributed by atoms with Gasteiger partial charge in [-0.3, -0.25) is 4.79 Å². The Bertz CT molecular complexity index is 864. The second-order valence-corrected chi connectivity index (χ2v) is 9.14. The van der Waals surface area contributed by atoms with Crippen LogP contribution in [0.1, 0.15) is 58.9 Å². The molecule has 0 saturated carbocycles. The maximum absolute atomic E-state index is 12.4. The lowest BCUT2D eigenvalue weighted by atomic mass is 9.74. The zero-order valence-electron chi connectivity index (χ0n) is 19.8. The smallest absolute Gasteiger partial charge is 0.336 e. The number of carbonyl (C=O) groups excluding carboxylic acids is 2. The van der Waals surface area contributed by atoms with E-state index in [4.69, 9.17) is 4.74 Å². The summed E-state index contributed by atoms with van der Waals surface area (Å²) in [5.41, 5.74) is 1.26. The molecule has 0 bridgehead atoms. The standard InChI is InChI=1S/C25H36N2O5/c1-6-25(12-7-8-13-27(5)16-25)19-10-9-11-20(15-19)32-21(28)14-18(4)23(29)26-22(17(2)3)24(30)31/h9-11,14-15,17,22H,6-8,12-13,16H2,1-5H3,(H,26,29)(H,30,31)/b18-14-/t22-,25?/m0/s1. The number of amides is 1. The second-order valence-electron chi connectivity index (χ2n) is 9.14. The number of carboxylic acids is 1. The summed E-state index contributed by atoms with van der Waals surface area (Å²) in [6, 6.07) is 6.61. The number of nitrogens with one attached hydrogen (secondary N) is 1. The van der Waals surface area contributed by atoms with Crippen LogP contribution in [0.3, 0.4) is 0 Å². The molecule has 0 radical (unpaired) electrons. The molecule has 1 aliphatic rings. The van der Waals surface area contributed by atoms with Crippen molar-refractivity contribution >= 4 is 17.8 Å². The second kappa shape index (κ2) is 11.3. The van der Waals surface area contributed by atoms with E-state index in [0.717, 1.165) is 44.0 Å². The molecule has 7 heteroatoms. The zero-order valence-corrected chi connectivity index (χ0v) is 19.8. The Kier molecular flexibility index (Phi) is 9.01. The minimum Gasteiger partial charge on any atom is -0.480 e. The van der Waals surface area contributed by atoms with E-state index in [1.807, 2.05) is 12.1 Å². The molecule has 2 N–H and O–H groups in total. The molecule has 7 nitrogen and oxygen atoms in total. The molecule has 1 fully saturated rings. The number of hydrogen-bond acceptors (Lipinski definition) is 5. The molecule has 32 heavy (non-hydrogen) atoms. The average Bonchev–Trinajstić information content (AvgIpc) is 2.93. The Morgan fingerprint density at radius 1 is 1.28 bits per heavy atom. The number of rotatable bonds is 8. The van der Waals surface area contributed by atoms with Gasteiger partial charge in [0.05, 0.1) is 0 Å². The average molecular weight is 445 g/mol. The van der Waals surface area contributed by atoms with Crippen LogP contribution in [0.2, 0.25) is 0 Å². The summed E-state index contributed by atoms with van der Waals surface area (Å²) in [5, 5.41) is 11.7. The van der Waals surface area contributed by atoms with E-state index in [0.29, 0.717) is 5.75 Å². The van der Waals surface area contributed by atoms with E-state index in [1.54, 1.807) is 19.9 Å². The van der Waals surface area contributed by atoms with Crippen LogP contribution in [0.5, 0.6) is 5.75 Å². The van der Waals surface area contributed by atoms with Crippen molar-refractivity contribution in [2.45, 2.75) is 64.8 Å². The zero-order chi connectivity index (χ0) is 23.9. The van der Waals surface area contributed by atoms with Gasteiger partial charge in [0, 0.05) is 23.6 Å². The molecule has 1 unspecified atom stereocenters. The highest BCUT2D eigenvalue weighted by molar-refractivity contribution is 6.00. The molecule has 1 aromatic rings. The van der Waals surface area contributed by atoms with Crippen molar-refractivity contribution < 1.29 is 24.2 Å². The first-order chi connectivity index (χ1) is 15.1. The molecule has 1 aromatic carbocycles. The Balaban J connectivity index is 2.13. The predicted octanol–water partition coefficient (Wildman–Crippen LogP) is 3.53. The van der Waals surface area contributed by atoms with Crippen LogP contribution in [0.15, 0.2) is 35.9 Å². The van der Waals surface area contributed by atoms with E-state index < -0.39 is 23.9 Å². The van der Waals surface area contributed by atoms with Gasteiger partial charge in [0.25, 0.3) is 0 Å². The molecular weight excluding hydrogens is 408 g/mol. The molecule has 0 aromatic heterocycles. The third kappa shape index (κ3) is 6.66. The largest absolute Gasteiger partial charge is 0.480 e. The van der Waals surface area contributed by atoms with E-state index in [-0.39, 0.29) is 16.9 Å².